The lowest BCUT2D eigenvalue weighted by Gasteiger charge is -2.21. The number of ether oxygens (including phenoxy) is 3. The van der Waals surface area contributed by atoms with Gasteiger partial charge >= 0.3 is 5.97 Å². The second-order valence-electron chi connectivity index (χ2n) is 3.32. The minimum Gasteiger partial charge on any atom is -0.466 e. The zero-order valence-corrected chi connectivity index (χ0v) is 8.49. The fourth-order valence-electron chi connectivity index (χ4n) is 1.30. The van der Waals surface area contributed by atoms with E-state index in [2.05, 4.69) is 0 Å². The van der Waals surface area contributed by atoms with Gasteiger partial charge in [0.1, 0.15) is 6.61 Å². The predicted molar refractivity (Wildman–Crippen MR) is 47.3 cm³/mol. The van der Waals surface area contributed by atoms with Crippen LogP contribution < -0.4 is 0 Å². The topological polar surface area (TPSA) is 65.0 Å². The Bertz CT molecular complexity index is 205. The molecule has 0 saturated carbocycles. The van der Waals surface area contributed by atoms with Gasteiger partial charge in [-0.15, -0.1) is 0 Å². The number of aliphatic hydroxyl groups excluding tert-OH is 1. The molecule has 0 amide bonds. The van der Waals surface area contributed by atoms with E-state index < -0.39 is 12.1 Å². The lowest BCUT2D eigenvalue weighted by Crippen LogP contribution is -2.27. The standard InChI is InChI=1S/C9H16O5/c1-3-12-7(10)4-5-9(2)13-6-8(11)14-9/h8,11H,3-6H2,1-2H3. The molecule has 0 spiro atoms. The number of aliphatic hydroxyl groups is 1. The van der Waals surface area contributed by atoms with Crippen LogP contribution in [-0.2, 0) is 19.0 Å². The van der Waals surface area contributed by atoms with Gasteiger partial charge in [-0.2, -0.15) is 0 Å². The molecular weight excluding hydrogens is 188 g/mol. The van der Waals surface area contributed by atoms with Crippen molar-refractivity contribution in [3.05, 3.63) is 0 Å². The first-order chi connectivity index (χ1) is 6.56. The molecule has 82 valence electrons. The highest BCUT2D eigenvalue weighted by molar-refractivity contribution is 5.69. The molecule has 0 aliphatic carbocycles. The van der Waals surface area contributed by atoms with E-state index in [4.69, 9.17) is 19.3 Å². The average molecular weight is 204 g/mol. The molecule has 1 heterocycles. The summed E-state index contributed by atoms with van der Waals surface area (Å²) in [6.07, 6.45) is -0.262. The summed E-state index contributed by atoms with van der Waals surface area (Å²) >= 11 is 0. The van der Waals surface area contributed by atoms with Crippen LogP contribution in [0, 0.1) is 0 Å². The second-order valence-corrected chi connectivity index (χ2v) is 3.32. The van der Waals surface area contributed by atoms with Crippen molar-refractivity contribution in [3.63, 3.8) is 0 Å². The number of hydrogen-bond donors (Lipinski definition) is 1. The summed E-state index contributed by atoms with van der Waals surface area (Å²) in [4.78, 5) is 11.0. The first-order valence-corrected chi connectivity index (χ1v) is 4.71. The van der Waals surface area contributed by atoms with Crippen molar-refractivity contribution < 1.29 is 24.1 Å². The van der Waals surface area contributed by atoms with Crippen molar-refractivity contribution in [3.8, 4) is 0 Å². The predicted octanol–water partition coefficient (Wildman–Crippen LogP) is 0.411. The Morgan fingerprint density at radius 2 is 2.43 bits per heavy atom. The van der Waals surface area contributed by atoms with Gasteiger partial charge in [-0.05, 0) is 13.8 Å². The number of esters is 1. The van der Waals surface area contributed by atoms with E-state index >= 15 is 0 Å². The molecule has 1 rings (SSSR count). The van der Waals surface area contributed by atoms with Gasteiger partial charge in [0.05, 0.1) is 13.0 Å². The first-order valence-electron chi connectivity index (χ1n) is 4.71. The summed E-state index contributed by atoms with van der Waals surface area (Å²) in [5.74, 6) is -1.13. The summed E-state index contributed by atoms with van der Waals surface area (Å²) in [7, 11) is 0. The molecule has 1 fully saturated rings. The Morgan fingerprint density at radius 3 is 2.93 bits per heavy atom. The smallest absolute Gasteiger partial charge is 0.305 e. The van der Waals surface area contributed by atoms with E-state index in [-0.39, 0.29) is 19.0 Å². The van der Waals surface area contributed by atoms with Crippen LogP contribution in [0.3, 0.4) is 0 Å². The zero-order chi connectivity index (χ0) is 10.6. The number of carbonyl (C=O) groups is 1. The van der Waals surface area contributed by atoms with Gasteiger partial charge in [-0.3, -0.25) is 4.79 Å². The number of rotatable bonds is 4. The molecule has 1 N–H and O–H groups in total. The third-order valence-electron chi connectivity index (χ3n) is 2.01. The first kappa shape index (κ1) is 11.4. The zero-order valence-electron chi connectivity index (χ0n) is 8.49. The second kappa shape index (κ2) is 4.72. The van der Waals surface area contributed by atoms with Crippen LogP contribution in [0.4, 0.5) is 0 Å². The fourth-order valence-corrected chi connectivity index (χ4v) is 1.30. The molecule has 0 aromatic heterocycles. The molecule has 0 aromatic carbocycles. The minimum atomic E-state index is -0.887. The molecular formula is C9H16O5. The monoisotopic (exact) mass is 204 g/mol. The van der Waals surface area contributed by atoms with Crippen molar-refractivity contribution >= 4 is 5.97 Å². The molecule has 0 bridgehead atoms. The minimum absolute atomic E-state index is 0.152. The van der Waals surface area contributed by atoms with Gasteiger partial charge in [0.25, 0.3) is 0 Å². The summed E-state index contributed by atoms with van der Waals surface area (Å²) in [5.41, 5.74) is 0. The lowest BCUT2D eigenvalue weighted by molar-refractivity contribution is -0.193. The maximum absolute atomic E-state index is 11.0. The quantitative estimate of drug-likeness (QED) is 0.672. The molecule has 1 saturated heterocycles. The van der Waals surface area contributed by atoms with Crippen molar-refractivity contribution in [2.24, 2.45) is 0 Å². The van der Waals surface area contributed by atoms with Crippen LogP contribution in [0.15, 0.2) is 0 Å². The molecule has 1 aliphatic rings. The van der Waals surface area contributed by atoms with Crippen LogP contribution in [0.1, 0.15) is 26.7 Å². The SMILES string of the molecule is CCOC(=O)CCC1(C)OCC(O)O1. The van der Waals surface area contributed by atoms with Crippen LogP contribution in [0.2, 0.25) is 0 Å². The van der Waals surface area contributed by atoms with Crippen molar-refractivity contribution in [2.45, 2.75) is 38.8 Å². The molecule has 5 heteroatoms. The van der Waals surface area contributed by atoms with E-state index in [1.54, 1.807) is 13.8 Å². The van der Waals surface area contributed by atoms with Gasteiger partial charge in [-0.1, -0.05) is 0 Å². The highest BCUT2D eigenvalue weighted by Gasteiger charge is 2.36. The van der Waals surface area contributed by atoms with Crippen LogP contribution >= 0.6 is 0 Å². The Hall–Kier alpha value is -0.650. The summed E-state index contributed by atoms with van der Waals surface area (Å²) < 4.78 is 15.1. The highest BCUT2D eigenvalue weighted by Crippen LogP contribution is 2.26. The van der Waals surface area contributed by atoms with Crippen molar-refractivity contribution in [1.29, 1.82) is 0 Å². The van der Waals surface area contributed by atoms with Gasteiger partial charge < -0.3 is 19.3 Å². The number of carbonyl (C=O) groups excluding carboxylic acids is 1. The van der Waals surface area contributed by atoms with E-state index in [0.717, 1.165) is 0 Å². The largest absolute Gasteiger partial charge is 0.466 e. The van der Waals surface area contributed by atoms with E-state index in [1.807, 2.05) is 0 Å². The van der Waals surface area contributed by atoms with Crippen LogP contribution in [-0.4, -0.2) is 36.4 Å². The van der Waals surface area contributed by atoms with E-state index in [1.165, 1.54) is 0 Å². The molecule has 1 aliphatic heterocycles. The fraction of sp³-hybridized carbons (Fsp3) is 0.889. The normalized spacial score (nSPS) is 31.8. The van der Waals surface area contributed by atoms with Gasteiger partial charge in [0.15, 0.2) is 12.1 Å². The summed E-state index contributed by atoms with van der Waals surface area (Å²) in [6.45, 7) is 3.98. The number of hydrogen-bond acceptors (Lipinski definition) is 5. The third-order valence-corrected chi connectivity index (χ3v) is 2.01. The summed E-state index contributed by atoms with van der Waals surface area (Å²) in [5, 5.41) is 9.07. The van der Waals surface area contributed by atoms with Crippen molar-refractivity contribution in [2.75, 3.05) is 13.2 Å². The Labute approximate surface area is 82.9 Å². The summed E-state index contributed by atoms with van der Waals surface area (Å²) in [6, 6.07) is 0. The molecule has 5 nitrogen and oxygen atoms in total. The molecule has 2 atom stereocenters. The van der Waals surface area contributed by atoms with Crippen LogP contribution in [0.5, 0.6) is 0 Å². The average Bonchev–Trinajstić information content (AvgIpc) is 2.45. The maximum atomic E-state index is 11.0. The third kappa shape index (κ3) is 3.25. The lowest BCUT2D eigenvalue weighted by atomic mass is 10.2. The Kier molecular flexibility index (Phi) is 3.86. The Morgan fingerprint density at radius 1 is 1.71 bits per heavy atom. The molecule has 2 unspecified atom stereocenters. The van der Waals surface area contributed by atoms with Crippen LogP contribution in [0.25, 0.3) is 0 Å². The Balaban J connectivity index is 2.27. The highest BCUT2D eigenvalue weighted by atomic mass is 16.8. The maximum Gasteiger partial charge on any atom is 0.305 e. The molecule has 14 heavy (non-hydrogen) atoms. The molecule has 0 aromatic rings. The van der Waals surface area contributed by atoms with E-state index in [9.17, 15) is 4.79 Å². The molecule has 0 radical (unpaired) electrons. The van der Waals surface area contributed by atoms with Crippen molar-refractivity contribution in [1.82, 2.24) is 0 Å². The van der Waals surface area contributed by atoms with Gasteiger partial charge in [-0.25, -0.2) is 0 Å². The van der Waals surface area contributed by atoms with Gasteiger partial charge in [0, 0.05) is 6.42 Å². The van der Waals surface area contributed by atoms with E-state index in [0.29, 0.717) is 13.0 Å². The van der Waals surface area contributed by atoms with Gasteiger partial charge in [0.2, 0.25) is 0 Å².